The van der Waals surface area contributed by atoms with Crippen LogP contribution in [0.2, 0.25) is 0 Å². The zero-order chi connectivity index (χ0) is 19.2. The fraction of sp³-hybridized carbons (Fsp3) is 0.300. The molecule has 0 saturated carbocycles. The molecule has 6 heteroatoms. The fourth-order valence-corrected chi connectivity index (χ4v) is 2.46. The van der Waals surface area contributed by atoms with Crippen molar-refractivity contribution >= 4 is 11.7 Å². The number of rotatable bonds is 8. The monoisotopic (exact) mass is 361 g/mol. The largest absolute Gasteiger partial charge is 0.384 e. The van der Waals surface area contributed by atoms with Crippen molar-refractivity contribution in [2.24, 2.45) is 0 Å². The molecule has 2 aromatic carbocycles. The summed E-state index contributed by atoms with van der Waals surface area (Å²) in [5.74, 6) is -1.26. The van der Waals surface area contributed by atoms with Gasteiger partial charge in [-0.3, -0.25) is 9.59 Å². The van der Waals surface area contributed by atoms with Gasteiger partial charge in [0.2, 0.25) is 5.91 Å². The Morgan fingerprint density at radius 1 is 0.962 bits per heavy atom. The molecule has 0 aliphatic heterocycles. The first-order chi connectivity index (χ1) is 12.3. The van der Waals surface area contributed by atoms with Crippen LogP contribution in [0, 0.1) is 11.6 Å². The standard InChI is InChI=1S/C20H21F2NO3/c1-20(26,15-7-11-17(22)12-8-15)13-23-19(25)4-2-3-18(24)14-5-9-16(21)10-6-14/h5-12,26H,2-4,13H2,1H3,(H,23,25). The van der Waals surface area contributed by atoms with Crippen LogP contribution in [0.25, 0.3) is 0 Å². The summed E-state index contributed by atoms with van der Waals surface area (Å²) in [4.78, 5) is 23.8. The predicted octanol–water partition coefficient (Wildman–Crippen LogP) is 3.34. The summed E-state index contributed by atoms with van der Waals surface area (Å²) in [6.45, 7) is 1.50. The van der Waals surface area contributed by atoms with Crippen molar-refractivity contribution in [3.63, 3.8) is 0 Å². The van der Waals surface area contributed by atoms with E-state index in [4.69, 9.17) is 0 Å². The van der Waals surface area contributed by atoms with Crippen LogP contribution in [0.5, 0.6) is 0 Å². The van der Waals surface area contributed by atoms with Gasteiger partial charge in [0.15, 0.2) is 5.78 Å². The van der Waals surface area contributed by atoms with E-state index in [2.05, 4.69) is 5.32 Å². The predicted molar refractivity (Wildman–Crippen MR) is 93.6 cm³/mol. The maximum atomic E-state index is 12.9. The molecule has 1 unspecified atom stereocenters. The molecule has 0 bridgehead atoms. The summed E-state index contributed by atoms with van der Waals surface area (Å²) in [5, 5.41) is 13.0. The van der Waals surface area contributed by atoms with E-state index in [1.807, 2.05) is 0 Å². The molecule has 0 aliphatic rings. The minimum atomic E-state index is -1.33. The van der Waals surface area contributed by atoms with Gasteiger partial charge >= 0.3 is 0 Å². The Morgan fingerprint density at radius 3 is 2.08 bits per heavy atom. The number of hydrogen-bond donors (Lipinski definition) is 2. The first kappa shape index (κ1) is 19.7. The molecule has 4 nitrogen and oxygen atoms in total. The van der Waals surface area contributed by atoms with Crippen LogP contribution < -0.4 is 5.32 Å². The van der Waals surface area contributed by atoms with Crippen molar-refractivity contribution in [1.29, 1.82) is 0 Å². The van der Waals surface area contributed by atoms with Gasteiger partial charge in [0.05, 0.1) is 6.54 Å². The van der Waals surface area contributed by atoms with Gasteiger partial charge in [0.1, 0.15) is 17.2 Å². The number of aliphatic hydroxyl groups is 1. The van der Waals surface area contributed by atoms with E-state index in [9.17, 15) is 23.5 Å². The normalized spacial score (nSPS) is 13.1. The Hall–Kier alpha value is -2.60. The quantitative estimate of drug-likeness (QED) is 0.709. The van der Waals surface area contributed by atoms with Crippen LogP contribution in [0.3, 0.4) is 0 Å². The van der Waals surface area contributed by atoms with E-state index in [0.717, 1.165) is 0 Å². The van der Waals surface area contributed by atoms with Crippen molar-refractivity contribution in [2.45, 2.75) is 31.8 Å². The average molecular weight is 361 g/mol. The van der Waals surface area contributed by atoms with Crippen LogP contribution >= 0.6 is 0 Å². The van der Waals surface area contributed by atoms with Crippen molar-refractivity contribution in [3.8, 4) is 0 Å². The Labute approximate surface area is 150 Å². The number of Topliss-reactive ketones (excluding diaryl/α,β-unsaturated/α-hetero) is 1. The molecule has 1 atom stereocenters. The molecule has 1 amide bonds. The SMILES string of the molecule is CC(O)(CNC(=O)CCCC(=O)c1ccc(F)cc1)c1ccc(F)cc1. The summed E-state index contributed by atoms with van der Waals surface area (Å²) < 4.78 is 25.8. The van der Waals surface area contributed by atoms with E-state index >= 15 is 0 Å². The Bertz CT molecular complexity index is 756. The summed E-state index contributed by atoms with van der Waals surface area (Å²) in [7, 11) is 0. The van der Waals surface area contributed by atoms with Crippen LogP contribution in [0.1, 0.15) is 42.1 Å². The van der Waals surface area contributed by atoms with Gasteiger partial charge in [0, 0.05) is 18.4 Å². The first-order valence-electron chi connectivity index (χ1n) is 8.32. The third kappa shape index (κ3) is 5.74. The highest BCUT2D eigenvalue weighted by Gasteiger charge is 2.23. The zero-order valence-corrected chi connectivity index (χ0v) is 14.5. The number of carbonyl (C=O) groups excluding carboxylic acids is 2. The van der Waals surface area contributed by atoms with Crippen molar-refractivity contribution in [1.82, 2.24) is 5.32 Å². The second-order valence-electron chi connectivity index (χ2n) is 6.34. The van der Waals surface area contributed by atoms with Crippen LogP contribution in [0.15, 0.2) is 48.5 Å². The molecule has 26 heavy (non-hydrogen) atoms. The number of carbonyl (C=O) groups is 2. The zero-order valence-electron chi connectivity index (χ0n) is 14.5. The lowest BCUT2D eigenvalue weighted by Crippen LogP contribution is -2.38. The highest BCUT2D eigenvalue weighted by atomic mass is 19.1. The molecule has 0 radical (unpaired) electrons. The fourth-order valence-electron chi connectivity index (χ4n) is 2.46. The summed E-state index contributed by atoms with van der Waals surface area (Å²) >= 11 is 0. The Balaban J connectivity index is 1.75. The third-order valence-corrected chi connectivity index (χ3v) is 4.07. The van der Waals surface area contributed by atoms with Crippen LogP contribution in [0.4, 0.5) is 8.78 Å². The third-order valence-electron chi connectivity index (χ3n) is 4.07. The van der Waals surface area contributed by atoms with Crippen LogP contribution in [-0.4, -0.2) is 23.3 Å². The minimum Gasteiger partial charge on any atom is -0.384 e. The van der Waals surface area contributed by atoms with E-state index in [0.29, 0.717) is 17.5 Å². The highest BCUT2D eigenvalue weighted by molar-refractivity contribution is 5.96. The van der Waals surface area contributed by atoms with Crippen molar-refractivity contribution in [3.05, 3.63) is 71.3 Å². The Kier molecular flexibility index (Phi) is 6.58. The lowest BCUT2D eigenvalue weighted by molar-refractivity contribution is -0.122. The van der Waals surface area contributed by atoms with Crippen molar-refractivity contribution < 1.29 is 23.5 Å². The van der Waals surface area contributed by atoms with Crippen LogP contribution in [-0.2, 0) is 10.4 Å². The minimum absolute atomic E-state index is 0.0244. The lowest BCUT2D eigenvalue weighted by Gasteiger charge is -2.24. The van der Waals surface area contributed by atoms with Gasteiger partial charge in [-0.2, -0.15) is 0 Å². The summed E-state index contributed by atoms with van der Waals surface area (Å²) in [6, 6.07) is 10.7. The van der Waals surface area contributed by atoms with E-state index < -0.39 is 17.2 Å². The van der Waals surface area contributed by atoms with E-state index in [1.165, 1.54) is 55.5 Å². The molecule has 0 fully saturated rings. The molecule has 0 aromatic heterocycles. The molecular weight excluding hydrogens is 340 g/mol. The highest BCUT2D eigenvalue weighted by Crippen LogP contribution is 2.20. The number of benzene rings is 2. The van der Waals surface area contributed by atoms with Gasteiger partial charge in [0.25, 0.3) is 0 Å². The lowest BCUT2D eigenvalue weighted by atomic mass is 9.96. The summed E-state index contributed by atoms with van der Waals surface area (Å²) in [5.41, 5.74) is -0.426. The maximum absolute atomic E-state index is 12.9. The van der Waals surface area contributed by atoms with Gasteiger partial charge < -0.3 is 10.4 Å². The van der Waals surface area contributed by atoms with Gasteiger partial charge in [-0.25, -0.2) is 8.78 Å². The first-order valence-corrected chi connectivity index (χ1v) is 8.32. The molecule has 0 saturated heterocycles. The Morgan fingerprint density at radius 2 is 1.50 bits per heavy atom. The van der Waals surface area contributed by atoms with E-state index in [-0.39, 0.29) is 31.1 Å². The second-order valence-corrected chi connectivity index (χ2v) is 6.34. The number of nitrogens with one attached hydrogen (secondary N) is 1. The number of halogens is 2. The van der Waals surface area contributed by atoms with E-state index in [1.54, 1.807) is 0 Å². The van der Waals surface area contributed by atoms with Gasteiger partial charge in [-0.15, -0.1) is 0 Å². The average Bonchev–Trinajstić information content (AvgIpc) is 2.61. The molecule has 2 aromatic rings. The number of hydrogen-bond acceptors (Lipinski definition) is 3. The molecule has 0 heterocycles. The number of ketones is 1. The molecule has 0 spiro atoms. The van der Waals surface area contributed by atoms with Crippen molar-refractivity contribution in [2.75, 3.05) is 6.54 Å². The smallest absolute Gasteiger partial charge is 0.220 e. The molecule has 2 N–H and O–H groups in total. The summed E-state index contributed by atoms with van der Waals surface area (Å²) in [6.07, 6.45) is 0.653. The molecule has 2 rings (SSSR count). The maximum Gasteiger partial charge on any atom is 0.220 e. The molecular formula is C20H21F2NO3. The van der Waals surface area contributed by atoms with Gasteiger partial charge in [-0.05, 0) is 55.3 Å². The molecule has 0 aliphatic carbocycles. The topological polar surface area (TPSA) is 66.4 Å². The number of amides is 1. The second kappa shape index (κ2) is 8.67. The molecule has 138 valence electrons. The van der Waals surface area contributed by atoms with Gasteiger partial charge in [-0.1, -0.05) is 12.1 Å².